The Bertz CT molecular complexity index is 603. The highest BCUT2D eigenvalue weighted by molar-refractivity contribution is 5.74. The van der Waals surface area contributed by atoms with E-state index in [9.17, 15) is 14.7 Å². The van der Waals surface area contributed by atoms with E-state index in [1.54, 1.807) is 0 Å². The van der Waals surface area contributed by atoms with Crippen molar-refractivity contribution in [3.8, 4) is 5.75 Å². The second-order valence-electron chi connectivity index (χ2n) is 6.65. The maximum Gasteiger partial charge on any atom is 0.227 e. The summed E-state index contributed by atoms with van der Waals surface area (Å²) in [6.45, 7) is 6.32. The van der Waals surface area contributed by atoms with Gasteiger partial charge in [0, 0.05) is 18.4 Å². The van der Waals surface area contributed by atoms with Crippen LogP contribution in [0.3, 0.4) is 0 Å². The third-order valence-corrected chi connectivity index (χ3v) is 4.39. The van der Waals surface area contributed by atoms with E-state index in [0.717, 1.165) is 25.9 Å². The molecule has 0 aromatic carbocycles. The number of nitrogens with two attached hydrogens (primary N) is 1. The van der Waals surface area contributed by atoms with Crippen LogP contribution in [-0.4, -0.2) is 29.0 Å². The Balaban J connectivity index is 2.30. The van der Waals surface area contributed by atoms with Gasteiger partial charge < -0.3 is 15.3 Å². The Kier molecular flexibility index (Phi) is 5.82. The van der Waals surface area contributed by atoms with Gasteiger partial charge in [-0.15, -0.1) is 0 Å². The molecule has 0 bridgehead atoms. The van der Waals surface area contributed by atoms with Crippen molar-refractivity contribution in [2.45, 2.75) is 52.0 Å². The van der Waals surface area contributed by atoms with E-state index >= 15 is 0 Å². The van der Waals surface area contributed by atoms with Crippen molar-refractivity contribution in [2.75, 3.05) is 13.1 Å². The monoisotopic (exact) mass is 322 g/mol. The number of hydrogen-bond acceptors (Lipinski definition) is 5. The van der Waals surface area contributed by atoms with Crippen LogP contribution in [0.5, 0.6) is 5.75 Å². The first kappa shape index (κ1) is 17.5. The van der Waals surface area contributed by atoms with Gasteiger partial charge >= 0.3 is 0 Å². The van der Waals surface area contributed by atoms with E-state index in [4.69, 9.17) is 10.2 Å². The highest BCUT2D eigenvalue weighted by Crippen LogP contribution is 2.33. The lowest BCUT2D eigenvalue weighted by Gasteiger charge is -2.26. The molecule has 0 radical (unpaired) electrons. The minimum atomic E-state index is -0.479. The van der Waals surface area contributed by atoms with Crippen molar-refractivity contribution < 1.29 is 14.3 Å². The van der Waals surface area contributed by atoms with Gasteiger partial charge in [-0.05, 0) is 31.8 Å². The molecule has 1 amide bonds. The average molecular weight is 322 g/mol. The zero-order valence-electron chi connectivity index (χ0n) is 13.9. The minimum absolute atomic E-state index is 0.0155. The molecule has 1 fully saturated rings. The van der Waals surface area contributed by atoms with Crippen molar-refractivity contribution in [2.24, 2.45) is 11.7 Å². The molecule has 1 aromatic rings. The first-order valence-corrected chi connectivity index (χ1v) is 8.25. The Morgan fingerprint density at radius 3 is 2.57 bits per heavy atom. The number of carbonyl (C=O) groups is 1. The standard InChI is InChI=1S/C17H26N2O4/c1-11(2)13(9-15(18)21)17-16(22)14(20)8-12(23-17)10-19-6-4-3-5-7-19/h8,11,13,22H,3-7,9-10H2,1-2H3,(H2,18,21)/t13-/m0/s1. The average Bonchev–Trinajstić information content (AvgIpc) is 2.49. The van der Waals surface area contributed by atoms with Gasteiger partial charge in [-0.1, -0.05) is 20.3 Å². The highest BCUT2D eigenvalue weighted by atomic mass is 16.4. The molecule has 1 saturated heterocycles. The molecule has 0 spiro atoms. The first-order chi connectivity index (χ1) is 10.9. The van der Waals surface area contributed by atoms with E-state index in [1.807, 2.05) is 13.8 Å². The van der Waals surface area contributed by atoms with Gasteiger partial charge in [-0.25, -0.2) is 0 Å². The van der Waals surface area contributed by atoms with Crippen molar-refractivity contribution in [1.29, 1.82) is 0 Å². The number of rotatable bonds is 6. The number of nitrogens with zero attached hydrogens (tertiary/aromatic N) is 1. The van der Waals surface area contributed by atoms with E-state index in [0.29, 0.717) is 12.3 Å². The van der Waals surface area contributed by atoms with E-state index < -0.39 is 23.0 Å². The number of hydrogen-bond donors (Lipinski definition) is 2. The van der Waals surface area contributed by atoms with Gasteiger partial charge in [0.2, 0.25) is 17.1 Å². The summed E-state index contributed by atoms with van der Waals surface area (Å²) >= 11 is 0. The van der Waals surface area contributed by atoms with Crippen LogP contribution >= 0.6 is 0 Å². The molecule has 6 heteroatoms. The van der Waals surface area contributed by atoms with Crippen LogP contribution in [0.1, 0.15) is 57.0 Å². The largest absolute Gasteiger partial charge is 0.502 e. The molecule has 23 heavy (non-hydrogen) atoms. The fraction of sp³-hybridized carbons (Fsp3) is 0.647. The smallest absolute Gasteiger partial charge is 0.227 e. The summed E-state index contributed by atoms with van der Waals surface area (Å²) in [4.78, 5) is 25.6. The van der Waals surface area contributed by atoms with Gasteiger partial charge in [-0.2, -0.15) is 0 Å². The Hall–Kier alpha value is -1.82. The van der Waals surface area contributed by atoms with Gasteiger partial charge in [0.1, 0.15) is 5.76 Å². The normalized spacial score (nSPS) is 17.3. The number of likely N-dealkylation sites (tertiary alicyclic amines) is 1. The number of amides is 1. The van der Waals surface area contributed by atoms with Crippen LogP contribution in [0, 0.1) is 5.92 Å². The topological polar surface area (TPSA) is 96.8 Å². The summed E-state index contributed by atoms with van der Waals surface area (Å²) in [7, 11) is 0. The van der Waals surface area contributed by atoms with Crippen molar-refractivity contribution >= 4 is 5.91 Å². The van der Waals surface area contributed by atoms with Gasteiger partial charge in [0.25, 0.3) is 0 Å². The molecule has 1 aromatic heterocycles. The lowest BCUT2D eigenvalue weighted by Crippen LogP contribution is -2.29. The molecule has 2 heterocycles. The second-order valence-corrected chi connectivity index (χ2v) is 6.65. The van der Waals surface area contributed by atoms with Crippen molar-refractivity contribution in [3.63, 3.8) is 0 Å². The van der Waals surface area contributed by atoms with Gasteiger partial charge in [0.15, 0.2) is 5.76 Å². The zero-order chi connectivity index (χ0) is 17.0. The fourth-order valence-corrected chi connectivity index (χ4v) is 3.07. The molecule has 1 atom stereocenters. The molecule has 6 nitrogen and oxygen atoms in total. The molecule has 3 N–H and O–H groups in total. The van der Waals surface area contributed by atoms with Crippen LogP contribution in [0.15, 0.2) is 15.3 Å². The van der Waals surface area contributed by atoms with Crippen LogP contribution in [0.2, 0.25) is 0 Å². The van der Waals surface area contributed by atoms with Crippen molar-refractivity contribution in [1.82, 2.24) is 4.90 Å². The second kappa shape index (κ2) is 7.64. The molecule has 1 aliphatic heterocycles. The summed E-state index contributed by atoms with van der Waals surface area (Å²) in [5, 5.41) is 10.1. The maximum atomic E-state index is 12.1. The Morgan fingerprint density at radius 1 is 1.35 bits per heavy atom. The summed E-state index contributed by atoms with van der Waals surface area (Å²) in [5.41, 5.74) is 4.83. The molecular formula is C17H26N2O4. The third kappa shape index (κ3) is 4.58. The Labute approximate surface area is 136 Å². The number of piperidine rings is 1. The summed E-state index contributed by atoms with van der Waals surface area (Å²) in [6.07, 6.45) is 3.56. The highest BCUT2D eigenvalue weighted by Gasteiger charge is 2.26. The maximum absolute atomic E-state index is 12.1. The van der Waals surface area contributed by atoms with E-state index in [2.05, 4.69) is 4.90 Å². The van der Waals surface area contributed by atoms with E-state index in [1.165, 1.54) is 12.5 Å². The molecule has 0 saturated carbocycles. The lowest BCUT2D eigenvalue weighted by molar-refractivity contribution is -0.118. The van der Waals surface area contributed by atoms with Gasteiger partial charge in [0.05, 0.1) is 6.54 Å². The third-order valence-electron chi connectivity index (χ3n) is 4.39. The quantitative estimate of drug-likeness (QED) is 0.834. The minimum Gasteiger partial charge on any atom is -0.502 e. The molecule has 128 valence electrons. The molecule has 0 unspecified atom stereocenters. The van der Waals surface area contributed by atoms with Crippen LogP contribution in [0.4, 0.5) is 0 Å². The molecule has 0 aliphatic carbocycles. The summed E-state index contributed by atoms with van der Waals surface area (Å²) in [6, 6.07) is 1.34. The zero-order valence-corrected chi connectivity index (χ0v) is 13.9. The summed E-state index contributed by atoms with van der Waals surface area (Å²) in [5.74, 6) is -0.569. The van der Waals surface area contributed by atoms with Crippen LogP contribution in [0.25, 0.3) is 0 Å². The Morgan fingerprint density at radius 2 is 2.00 bits per heavy atom. The number of aromatic hydroxyl groups is 1. The number of carbonyl (C=O) groups excluding carboxylic acids is 1. The van der Waals surface area contributed by atoms with Gasteiger partial charge in [-0.3, -0.25) is 14.5 Å². The van der Waals surface area contributed by atoms with Crippen LogP contribution < -0.4 is 11.2 Å². The number of primary amides is 1. The SMILES string of the molecule is CC(C)[C@H](CC(N)=O)c1oc(CN2CCCCC2)cc(=O)c1O. The first-order valence-electron chi connectivity index (χ1n) is 8.25. The molecule has 1 aliphatic rings. The molecule has 2 rings (SSSR count). The van der Waals surface area contributed by atoms with Crippen LogP contribution in [-0.2, 0) is 11.3 Å². The lowest BCUT2D eigenvalue weighted by atomic mass is 9.89. The fourth-order valence-electron chi connectivity index (χ4n) is 3.07. The predicted molar refractivity (Wildman–Crippen MR) is 87.2 cm³/mol. The molecular weight excluding hydrogens is 296 g/mol. The van der Waals surface area contributed by atoms with Crippen molar-refractivity contribution in [3.05, 3.63) is 27.8 Å². The van der Waals surface area contributed by atoms with E-state index in [-0.39, 0.29) is 18.1 Å². The summed E-state index contributed by atoms with van der Waals surface area (Å²) < 4.78 is 5.82. The predicted octanol–water partition coefficient (Wildman–Crippen LogP) is 1.95.